The molecule has 0 saturated carbocycles. The summed E-state index contributed by atoms with van der Waals surface area (Å²) in [6.45, 7) is 0.468. The van der Waals surface area contributed by atoms with Gasteiger partial charge in [-0.2, -0.15) is 13.2 Å². The number of carbonyl (C=O) groups is 4. The Hall–Kier alpha value is -3.44. The average molecular weight is 537 g/mol. The summed E-state index contributed by atoms with van der Waals surface area (Å²) >= 11 is 6.18. The van der Waals surface area contributed by atoms with Crippen LogP contribution in [0.1, 0.15) is 56.3 Å². The molecule has 12 heteroatoms. The second kappa shape index (κ2) is 10.1. The second-order valence-corrected chi connectivity index (χ2v) is 9.72. The Morgan fingerprint density at radius 2 is 1.92 bits per heavy atom. The largest absolute Gasteiger partial charge is 0.412 e. The number of nitrogens with one attached hydrogen (secondary N) is 2. The van der Waals surface area contributed by atoms with E-state index in [-0.39, 0.29) is 41.1 Å². The molecule has 2 N–H and O–H groups in total. The number of piperidine rings is 1. The molecule has 0 spiro atoms. The predicted octanol–water partition coefficient (Wildman–Crippen LogP) is 3.20. The minimum absolute atomic E-state index is 0.0105. The molecular weight excluding hydrogens is 513 g/mol. The third-order valence-electron chi connectivity index (χ3n) is 6.26. The van der Waals surface area contributed by atoms with Crippen LogP contribution in [0.5, 0.6) is 0 Å². The molecule has 0 aromatic heterocycles. The Kier molecular flexibility index (Phi) is 7.29. The SMILES string of the molecule is CN(C)Cc1ccc([C@@H](NC(=O)c2ccc3c(c2)CN(C2CCC(=O)NC2=O)C3=O)C(F)(F)F)c(Cl)c1. The fourth-order valence-electron chi connectivity index (χ4n) is 4.53. The summed E-state index contributed by atoms with van der Waals surface area (Å²) in [5.74, 6) is -2.45. The van der Waals surface area contributed by atoms with Gasteiger partial charge in [-0.1, -0.05) is 23.7 Å². The summed E-state index contributed by atoms with van der Waals surface area (Å²) in [5, 5.41) is 4.09. The Morgan fingerprint density at radius 1 is 1.19 bits per heavy atom. The van der Waals surface area contributed by atoms with E-state index in [1.165, 1.54) is 41.3 Å². The number of rotatable bonds is 6. The second-order valence-electron chi connectivity index (χ2n) is 9.31. The average Bonchev–Trinajstić information content (AvgIpc) is 3.12. The number of fused-ring (bicyclic) bond motifs is 1. The van der Waals surface area contributed by atoms with Crippen molar-refractivity contribution in [2.24, 2.45) is 0 Å². The van der Waals surface area contributed by atoms with Crippen LogP contribution in [0.25, 0.3) is 0 Å². The van der Waals surface area contributed by atoms with Crippen molar-refractivity contribution in [1.82, 2.24) is 20.4 Å². The van der Waals surface area contributed by atoms with Crippen LogP contribution in [0.2, 0.25) is 5.02 Å². The molecule has 2 aliphatic rings. The van der Waals surface area contributed by atoms with Gasteiger partial charge in [0.25, 0.3) is 11.8 Å². The van der Waals surface area contributed by atoms with E-state index in [2.05, 4.69) is 5.32 Å². The molecule has 196 valence electrons. The lowest BCUT2D eigenvalue weighted by molar-refractivity contribution is -0.155. The summed E-state index contributed by atoms with van der Waals surface area (Å²) in [6.07, 6.45) is -4.57. The molecule has 2 aliphatic heterocycles. The summed E-state index contributed by atoms with van der Waals surface area (Å²) in [4.78, 5) is 52.5. The van der Waals surface area contributed by atoms with E-state index < -0.39 is 41.9 Å². The van der Waals surface area contributed by atoms with E-state index in [9.17, 15) is 32.3 Å². The van der Waals surface area contributed by atoms with Gasteiger partial charge in [-0.3, -0.25) is 24.5 Å². The standard InChI is InChI=1S/C25H24ClF3N4O4/c1-32(2)11-13-3-5-17(18(26)9-13)21(25(27,28)29)31-22(35)14-4-6-16-15(10-14)12-33(24(16)37)19-7-8-20(34)30-23(19)36/h3-6,9-10,19,21H,7-8,11-12H2,1-2H3,(H,31,35)(H,30,34,36)/t19?,21-/m1/s1. The van der Waals surface area contributed by atoms with Crippen LogP contribution in [0.3, 0.4) is 0 Å². The van der Waals surface area contributed by atoms with Gasteiger partial charge in [0.2, 0.25) is 11.8 Å². The third-order valence-corrected chi connectivity index (χ3v) is 6.59. The summed E-state index contributed by atoms with van der Waals surface area (Å²) < 4.78 is 41.9. The van der Waals surface area contributed by atoms with E-state index in [1.807, 2.05) is 24.3 Å². The van der Waals surface area contributed by atoms with Crippen molar-refractivity contribution in [3.63, 3.8) is 0 Å². The van der Waals surface area contributed by atoms with Gasteiger partial charge >= 0.3 is 6.18 Å². The van der Waals surface area contributed by atoms with Gasteiger partial charge in [0, 0.05) is 41.2 Å². The number of hydrogen-bond donors (Lipinski definition) is 2. The van der Waals surface area contributed by atoms with Crippen LogP contribution in [0.4, 0.5) is 13.2 Å². The highest BCUT2D eigenvalue weighted by molar-refractivity contribution is 6.31. The van der Waals surface area contributed by atoms with Crippen molar-refractivity contribution in [3.05, 3.63) is 69.2 Å². The quantitative estimate of drug-likeness (QED) is 0.553. The van der Waals surface area contributed by atoms with Crippen molar-refractivity contribution in [1.29, 1.82) is 0 Å². The van der Waals surface area contributed by atoms with E-state index in [0.717, 1.165) is 5.56 Å². The molecular formula is C25H24ClF3N4O4. The number of alkyl halides is 3. The first kappa shape index (κ1) is 26.6. The zero-order valence-corrected chi connectivity index (χ0v) is 20.7. The van der Waals surface area contributed by atoms with Crippen LogP contribution in [-0.4, -0.2) is 59.7 Å². The monoisotopic (exact) mass is 536 g/mol. The van der Waals surface area contributed by atoms with Crippen molar-refractivity contribution in [3.8, 4) is 0 Å². The molecule has 1 fully saturated rings. The number of nitrogens with zero attached hydrogens (tertiary/aromatic N) is 2. The minimum atomic E-state index is -4.82. The zero-order valence-electron chi connectivity index (χ0n) is 20.0. The van der Waals surface area contributed by atoms with Gasteiger partial charge in [-0.25, -0.2) is 0 Å². The number of benzene rings is 2. The highest BCUT2D eigenvalue weighted by atomic mass is 35.5. The van der Waals surface area contributed by atoms with E-state index in [1.54, 1.807) is 0 Å². The minimum Gasteiger partial charge on any atom is -0.337 e. The molecule has 0 radical (unpaired) electrons. The van der Waals surface area contributed by atoms with Gasteiger partial charge in [0.1, 0.15) is 6.04 Å². The molecule has 2 atom stereocenters. The van der Waals surface area contributed by atoms with Crippen LogP contribution in [-0.2, 0) is 22.7 Å². The van der Waals surface area contributed by atoms with Gasteiger partial charge in [-0.05, 0) is 55.9 Å². The molecule has 2 heterocycles. The number of carbonyl (C=O) groups excluding carboxylic acids is 4. The van der Waals surface area contributed by atoms with Crippen LogP contribution in [0.15, 0.2) is 36.4 Å². The summed E-state index contributed by atoms with van der Waals surface area (Å²) in [7, 11) is 3.63. The van der Waals surface area contributed by atoms with Crippen molar-refractivity contribution in [2.45, 2.75) is 44.2 Å². The van der Waals surface area contributed by atoms with Crippen molar-refractivity contribution < 1.29 is 32.3 Å². The molecule has 2 aromatic rings. The number of hydrogen-bond acceptors (Lipinski definition) is 5. The van der Waals surface area contributed by atoms with Gasteiger partial charge in [0.05, 0.1) is 0 Å². The van der Waals surface area contributed by atoms with Gasteiger partial charge in [0.15, 0.2) is 6.04 Å². The number of imide groups is 1. The maximum absolute atomic E-state index is 14.0. The molecule has 37 heavy (non-hydrogen) atoms. The lowest BCUT2D eigenvalue weighted by atomic mass is 10.0. The Balaban J connectivity index is 1.54. The molecule has 0 bridgehead atoms. The first-order valence-corrected chi connectivity index (χ1v) is 11.8. The van der Waals surface area contributed by atoms with Crippen LogP contribution in [0, 0.1) is 0 Å². The van der Waals surface area contributed by atoms with Gasteiger partial charge in [-0.15, -0.1) is 0 Å². The highest BCUT2D eigenvalue weighted by Gasteiger charge is 2.43. The van der Waals surface area contributed by atoms with Crippen molar-refractivity contribution in [2.75, 3.05) is 14.1 Å². The molecule has 8 nitrogen and oxygen atoms in total. The predicted molar refractivity (Wildman–Crippen MR) is 128 cm³/mol. The van der Waals surface area contributed by atoms with Crippen LogP contribution >= 0.6 is 11.6 Å². The molecule has 4 rings (SSSR count). The fraction of sp³-hybridized carbons (Fsp3) is 0.360. The number of amides is 4. The Labute approximate surface area is 215 Å². The third kappa shape index (κ3) is 5.62. The first-order valence-electron chi connectivity index (χ1n) is 11.4. The molecule has 1 unspecified atom stereocenters. The number of halogens is 4. The smallest absolute Gasteiger partial charge is 0.337 e. The van der Waals surface area contributed by atoms with E-state index in [0.29, 0.717) is 12.1 Å². The Morgan fingerprint density at radius 3 is 2.54 bits per heavy atom. The summed E-state index contributed by atoms with van der Waals surface area (Å²) in [5.41, 5.74) is 0.997. The molecule has 2 aromatic carbocycles. The maximum Gasteiger partial charge on any atom is 0.412 e. The fourth-order valence-corrected chi connectivity index (χ4v) is 4.85. The topological polar surface area (TPSA) is 98.8 Å². The van der Waals surface area contributed by atoms with E-state index >= 15 is 0 Å². The van der Waals surface area contributed by atoms with Gasteiger partial charge < -0.3 is 15.1 Å². The first-order chi connectivity index (χ1) is 17.3. The normalized spacial score (nSPS) is 18.6. The summed E-state index contributed by atoms with van der Waals surface area (Å²) in [6, 6.07) is 4.96. The molecule has 0 aliphatic carbocycles. The maximum atomic E-state index is 14.0. The van der Waals surface area contributed by atoms with E-state index in [4.69, 9.17) is 11.6 Å². The lowest BCUT2D eigenvalue weighted by Crippen LogP contribution is -2.52. The highest BCUT2D eigenvalue weighted by Crippen LogP contribution is 2.37. The molecule has 4 amide bonds. The lowest BCUT2D eigenvalue weighted by Gasteiger charge is -2.29. The molecule has 1 saturated heterocycles. The van der Waals surface area contributed by atoms with Crippen molar-refractivity contribution >= 4 is 35.2 Å². The Bertz CT molecular complexity index is 1280. The zero-order chi connectivity index (χ0) is 27.1. The van der Waals surface area contributed by atoms with Crippen LogP contribution < -0.4 is 10.6 Å².